The number of benzene rings is 1. The molecule has 0 saturated carbocycles. The number of hydrogen-bond donors (Lipinski definition) is 1. The average Bonchev–Trinajstić information content (AvgIpc) is 2.43. The highest BCUT2D eigenvalue weighted by Gasteiger charge is 2.14. The summed E-state index contributed by atoms with van der Waals surface area (Å²) in [4.78, 5) is 0. The van der Waals surface area contributed by atoms with Crippen LogP contribution in [-0.2, 0) is 4.74 Å². The molecule has 1 rings (SSSR count). The minimum absolute atomic E-state index is 0.280. The summed E-state index contributed by atoms with van der Waals surface area (Å²) >= 11 is 0. The first-order valence-electron chi connectivity index (χ1n) is 7.90. The first-order valence-corrected chi connectivity index (χ1v) is 7.90. The van der Waals surface area contributed by atoms with E-state index >= 15 is 0 Å². The van der Waals surface area contributed by atoms with E-state index in [2.05, 4.69) is 71.1 Å². The summed E-state index contributed by atoms with van der Waals surface area (Å²) in [5, 5.41) is 3.52. The molecule has 1 aromatic rings. The van der Waals surface area contributed by atoms with Gasteiger partial charge in [-0.25, -0.2) is 0 Å². The van der Waals surface area contributed by atoms with E-state index in [1.807, 2.05) is 0 Å². The van der Waals surface area contributed by atoms with Gasteiger partial charge < -0.3 is 10.1 Å². The Balaban J connectivity index is 2.69. The Hall–Kier alpha value is -0.860. The number of hydrogen-bond acceptors (Lipinski definition) is 2. The Bertz CT molecular complexity index is 370. The Labute approximate surface area is 124 Å². The summed E-state index contributed by atoms with van der Waals surface area (Å²) in [6.07, 6.45) is 0.297. The molecule has 0 aromatic heterocycles. The molecule has 2 atom stereocenters. The van der Waals surface area contributed by atoms with Crippen molar-refractivity contribution in [3.05, 3.63) is 35.4 Å². The van der Waals surface area contributed by atoms with Crippen LogP contribution in [0.25, 0.3) is 0 Å². The van der Waals surface area contributed by atoms with Gasteiger partial charge in [0.25, 0.3) is 0 Å². The van der Waals surface area contributed by atoms with E-state index in [0.717, 1.165) is 13.2 Å². The van der Waals surface area contributed by atoms with Gasteiger partial charge in [-0.2, -0.15) is 0 Å². The predicted molar refractivity (Wildman–Crippen MR) is 87.2 cm³/mol. The number of likely N-dealkylation sites (N-methyl/N-ethyl adjacent to an activating group) is 1. The fourth-order valence-corrected chi connectivity index (χ4v) is 2.07. The molecule has 0 amide bonds. The Kier molecular flexibility index (Phi) is 7.25. The maximum absolute atomic E-state index is 5.99. The zero-order valence-electron chi connectivity index (χ0n) is 13.9. The van der Waals surface area contributed by atoms with E-state index in [1.54, 1.807) is 0 Å². The van der Waals surface area contributed by atoms with Gasteiger partial charge in [-0.05, 0) is 36.4 Å². The number of rotatable bonds is 8. The molecule has 0 bridgehead atoms. The van der Waals surface area contributed by atoms with Crippen LogP contribution in [0.3, 0.4) is 0 Å². The lowest BCUT2D eigenvalue weighted by Gasteiger charge is -2.23. The standard InChI is InChI=1S/C18H31NO/c1-7-19-18(12-20-15(6)13(2)3)17-10-8-16(9-11-17)14(4)5/h8-11,13-15,18-19H,7,12H2,1-6H3. The van der Waals surface area contributed by atoms with Crippen molar-refractivity contribution in [1.82, 2.24) is 5.32 Å². The molecule has 0 heterocycles. The minimum atomic E-state index is 0.280. The first-order chi connectivity index (χ1) is 9.45. The largest absolute Gasteiger partial charge is 0.376 e. The van der Waals surface area contributed by atoms with E-state index in [1.165, 1.54) is 11.1 Å². The van der Waals surface area contributed by atoms with Crippen molar-refractivity contribution in [2.24, 2.45) is 5.92 Å². The van der Waals surface area contributed by atoms with Crippen LogP contribution in [0.15, 0.2) is 24.3 Å². The summed E-state index contributed by atoms with van der Waals surface area (Å²) in [5.41, 5.74) is 2.70. The van der Waals surface area contributed by atoms with Crippen molar-refractivity contribution < 1.29 is 4.74 Å². The maximum atomic E-state index is 5.99. The molecule has 0 aliphatic rings. The molecule has 1 N–H and O–H groups in total. The van der Waals surface area contributed by atoms with Gasteiger partial charge >= 0.3 is 0 Å². The van der Waals surface area contributed by atoms with Gasteiger partial charge in [-0.1, -0.05) is 58.9 Å². The third-order valence-corrected chi connectivity index (χ3v) is 3.92. The van der Waals surface area contributed by atoms with Gasteiger partial charge in [0.1, 0.15) is 0 Å². The molecular weight excluding hydrogens is 246 g/mol. The van der Waals surface area contributed by atoms with E-state index in [0.29, 0.717) is 17.9 Å². The van der Waals surface area contributed by atoms with Gasteiger partial charge in [0.05, 0.1) is 18.8 Å². The van der Waals surface area contributed by atoms with Crippen molar-refractivity contribution >= 4 is 0 Å². The molecule has 114 valence electrons. The Morgan fingerprint density at radius 3 is 1.95 bits per heavy atom. The molecule has 0 saturated heterocycles. The van der Waals surface area contributed by atoms with Crippen molar-refractivity contribution in [3.63, 3.8) is 0 Å². The van der Waals surface area contributed by atoms with Gasteiger partial charge in [0, 0.05) is 0 Å². The van der Waals surface area contributed by atoms with Crippen molar-refractivity contribution in [3.8, 4) is 0 Å². The minimum Gasteiger partial charge on any atom is -0.376 e. The second kappa shape index (κ2) is 8.43. The Morgan fingerprint density at radius 1 is 0.950 bits per heavy atom. The molecule has 0 aliphatic heterocycles. The van der Waals surface area contributed by atoms with Gasteiger partial charge in [0.15, 0.2) is 0 Å². The van der Waals surface area contributed by atoms with Gasteiger partial charge in [-0.3, -0.25) is 0 Å². The van der Waals surface area contributed by atoms with Crippen LogP contribution < -0.4 is 5.32 Å². The molecule has 0 fully saturated rings. The highest BCUT2D eigenvalue weighted by atomic mass is 16.5. The lowest BCUT2D eigenvalue weighted by Crippen LogP contribution is -2.28. The van der Waals surface area contributed by atoms with Crippen LogP contribution in [0.5, 0.6) is 0 Å². The number of nitrogens with one attached hydrogen (secondary N) is 1. The molecule has 0 radical (unpaired) electrons. The molecular formula is C18H31NO. The van der Waals surface area contributed by atoms with Gasteiger partial charge in [0.2, 0.25) is 0 Å². The summed E-state index contributed by atoms with van der Waals surface area (Å²) < 4.78 is 5.99. The monoisotopic (exact) mass is 277 g/mol. The average molecular weight is 277 g/mol. The zero-order chi connectivity index (χ0) is 15.1. The van der Waals surface area contributed by atoms with Crippen LogP contribution >= 0.6 is 0 Å². The van der Waals surface area contributed by atoms with Crippen LogP contribution in [0.2, 0.25) is 0 Å². The summed E-state index contributed by atoms with van der Waals surface area (Å²) in [7, 11) is 0. The summed E-state index contributed by atoms with van der Waals surface area (Å²) in [6.45, 7) is 14.8. The topological polar surface area (TPSA) is 21.3 Å². The molecule has 2 nitrogen and oxygen atoms in total. The third-order valence-electron chi connectivity index (χ3n) is 3.92. The lowest BCUT2D eigenvalue weighted by atomic mass is 9.99. The molecule has 0 spiro atoms. The maximum Gasteiger partial charge on any atom is 0.0665 e. The van der Waals surface area contributed by atoms with Gasteiger partial charge in [-0.15, -0.1) is 0 Å². The van der Waals surface area contributed by atoms with Crippen LogP contribution in [-0.4, -0.2) is 19.3 Å². The van der Waals surface area contributed by atoms with Crippen molar-refractivity contribution in [2.75, 3.05) is 13.2 Å². The molecule has 0 aliphatic carbocycles. The number of ether oxygens (including phenoxy) is 1. The molecule has 1 aromatic carbocycles. The molecule has 2 unspecified atom stereocenters. The SMILES string of the molecule is CCNC(COC(C)C(C)C)c1ccc(C(C)C)cc1. The Morgan fingerprint density at radius 2 is 1.50 bits per heavy atom. The van der Waals surface area contributed by atoms with E-state index in [9.17, 15) is 0 Å². The summed E-state index contributed by atoms with van der Waals surface area (Å²) in [5.74, 6) is 1.14. The smallest absolute Gasteiger partial charge is 0.0665 e. The second-order valence-electron chi connectivity index (χ2n) is 6.21. The van der Waals surface area contributed by atoms with E-state index in [-0.39, 0.29) is 6.04 Å². The molecule has 2 heteroatoms. The fraction of sp³-hybridized carbons (Fsp3) is 0.667. The predicted octanol–water partition coefficient (Wildman–Crippen LogP) is 4.52. The van der Waals surface area contributed by atoms with Crippen LogP contribution in [0.1, 0.15) is 64.6 Å². The first kappa shape index (κ1) is 17.2. The molecule has 20 heavy (non-hydrogen) atoms. The van der Waals surface area contributed by atoms with Crippen LogP contribution in [0, 0.1) is 5.92 Å². The zero-order valence-corrected chi connectivity index (χ0v) is 13.9. The van der Waals surface area contributed by atoms with Crippen LogP contribution in [0.4, 0.5) is 0 Å². The fourth-order valence-electron chi connectivity index (χ4n) is 2.07. The van der Waals surface area contributed by atoms with Crippen molar-refractivity contribution in [2.45, 2.75) is 59.6 Å². The summed E-state index contributed by atoms with van der Waals surface area (Å²) in [6, 6.07) is 9.20. The third kappa shape index (κ3) is 5.26. The second-order valence-corrected chi connectivity index (χ2v) is 6.21. The normalized spacial score (nSPS) is 14.8. The van der Waals surface area contributed by atoms with E-state index < -0.39 is 0 Å². The lowest BCUT2D eigenvalue weighted by molar-refractivity contribution is 0.0220. The highest BCUT2D eigenvalue weighted by molar-refractivity contribution is 5.27. The quantitative estimate of drug-likeness (QED) is 0.754. The highest BCUT2D eigenvalue weighted by Crippen LogP contribution is 2.20. The van der Waals surface area contributed by atoms with Crippen molar-refractivity contribution in [1.29, 1.82) is 0 Å². The van der Waals surface area contributed by atoms with E-state index in [4.69, 9.17) is 4.74 Å².